The van der Waals surface area contributed by atoms with Gasteiger partial charge in [-0.2, -0.15) is 0 Å². The summed E-state index contributed by atoms with van der Waals surface area (Å²) in [4.78, 5) is 14.4. The number of hydrogen-bond acceptors (Lipinski definition) is 2. The van der Waals surface area contributed by atoms with Gasteiger partial charge in [-0.25, -0.2) is 11.4 Å². The lowest BCUT2D eigenvalue weighted by Gasteiger charge is -2.21. The molecule has 0 unspecified atom stereocenters. The second kappa shape index (κ2) is 5.48. The number of alkyl carbamates (subject to hydrolysis) is 1. The molecule has 14 heavy (non-hydrogen) atoms. The summed E-state index contributed by atoms with van der Waals surface area (Å²) >= 11 is 0. The fraction of sp³-hybridized carbons (Fsp3) is 0.800. The summed E-state index contributed by atoms with van der Waals surface area (Å²) in [6.45, 7) is 14.3. The number of carbonyl (C=O) groups excluding carboxylic acids is 1. The molecule has 0 aromatic carbocycles. The molecule has 0 aliphatic rings. The molecule has 0 rings (SSSR count). The van der Waals surface area contributed by atoms with Gasteiger partial charge in [-0.15, -0.1) is 0 Å². The molecule has 0 bridgehead atoms. The lowest BCUT2D eigenvalue weighted by atomic mass is 10.2. The first-order valence-corrected chi connectivity index (χ1v) is 4.68. The van der Waals surface area contributed by atoms with Gasteiger partial charge in [-0.3, -0.25) is 0 Å². The summed E-state index contributed by atoms with van der Waals surface area (Å²) in [7, 11) is 0. The van der Waals surface area contributed by atoms with Gasteiger partial charge in [-0.05, 0) is 27.7 Å². The normalized spacial score (nSPS) is 12.8. The largest absolute Gasteiger partial charge is 0.444 e. The summed E-state index contributed by atoms with van der Waals surface area (Å²) in [5.74, 6) is 0. The zero-order valence-electron chi connectivity index (χ0n) is 9.26. The number of nitrogens with zero attached hydrogens (tertiary/aromatic N) is 1. The van der Waals surface area contributed by atoms with Crippen molar-refractivity contribution in [3.63, 3.8) is 0 Å². The molecule has 80 valence electrons. The third-order valence-electron chi connectivity index (χ3n) is 1.44. The molecule has 1 amide bonds. The summed E-state index contributed by atoms with van der Waals surface area (Å²) in [6, 6.07) is -0.0149. The monoisotopic (exact) mass is 198 g/mol. The zero-order valence-corrected chi connectivity index (χ0v) is 9.26. The van der Waals surface area contributed by atoms with Crippen LogP contribution in [0.3, 0.4) is 0 Å². The van der Waals surface area contributed by atoms with Crippen LogP contribution in [0.25, 0.3) is 4.85 Å². The number of ether oxygens (including phenoxy) is 1. The van der Waals surface area contributed by atoms with Crippen molar-refractivity contribution in [2.45, 2.75) is 45.8 Å². The second-order valence-corrected chi connectivity index (χ2v) is 4.22. The molecule has 0 aliphatic heterocycles. The smallest absolute Gasteiger partial charge is 0.407 e. The van der Waals surface area contributed by atoms with E-state index < -0.39 is 11.7 Å². The average Bonchev–Trinajstić information content (AvgIpc) is 1.96. The van der Waals surface area contributed by atoms with Crippen LogP contribution in [-0.2, 0) is 4.74 Å². The van der Waals surface area contributed by atoms with E-state index in [0.717, 1.165) is 0 Å². The van der Waals surface area contributed by atoms with Gasteiger partial charge in [0.15, 0.2) is 0 Å². The highest BCUT2D eigenvalue weighted by molar-refractivity contribution is 5.67. The zero-order chi connectivity index (χ0) is 11.2. The Morgan fingerprint density at radius 2 is 2.14 bits per heavy atom. The number of carbonyl (C=O) groups is 1. The van der Waals surface area contributed by atoms with Crippen LogP contribution in [0.15, 0.2) is 0 Å². The summed E-state index contributed by atoms with van der Waals surface area (Å²) < 4.78 is 5.06. The maximum Gasteiger partial charge on any atom is 0.407 e. The molecule has 0 radical (unpaired) electrons. The van der Waals surface area contributed by atoms with Crippen LogP contribution < -0.4 is 5.32 Å². The molecule has 0 spiro atoms. The Hall–Kier alpha value is -1.24. The first kappa shape index (κ1) is 12.8. The van der Waals surface area contributed by atoms with E-state index in [9.17, 15) is 4.79 Å². The van der Waals surface area contributed by atoms with Crippen molar-refractivity contribution in [1.29, 1.82) is 0 Å². The van der Waals surface area contributed by atoms with Gasteiger partial charge in [0.05, 0.1) is 0 Å². The van der Waals surface area contributed by atoms with Crippen molar-refractivity contribution >= 4 is 6.09 Å². The molecule has 0 saturated carbocycles. The van der Waals surface area contributed by atoms with E-state index in [1.807, 2.05) is 27.7 Å². The molecular weight excluding hydrogens is 180 g/mol. The quantitative estimate of drug-likeness (QED) is 0.706. The van der Waals surface area contributed by atoms with Gasteiger partial charge in [0.1, 0.15) is 5.60 Å². The van der Waals surface area contributed by atoms with Crippen LogP contribution in [0, 0.1) is 6.57 Å². The highest BCUT2D eigenvalue weighted by Crippen LogP contribution is 2.06. The van der Waals surface area contributed by atoms with Crippen molar-refractivity contribution in [3.8, 4) is 0 Å². The predicted molar refractivity (Wildman–Crippen MR) is 54.9 cm³/mol. The molecule has 0 fully saturated rings. The second-order valence-electron chi connectivity index (χ2n) is 4.22. The van der Waals surface area contributed by atoms with Crippen molar-refractivity contribution in [2.24, 2.45) is 0 Å². The topological polar surface area (TPSA) is 42.7 Å². The lowest BCUT2D eigenvalue weighted by molar-refractivity contribution is 0.0507. The molecule has 0 aromatic heterocycles. The Labute approximate surface area is 85.5 Å². The maximum atomic E-state index is 11.2. The standard InChI is InChI=1S/C10H18N2O2/c1-8(6-7-11-5)12-9(13)14-10(2,3)4/h8H,6-7H2,1-4H3,(H,12,13)/t8-/m0/s1. The summed E-state index contributed by atoms with van der Waals surface area (Å²) in [5, 5.41) is 2.67. The minimum absolute atomic E-state index is 0.0149. The molecule has 0 aromatic rings. The summed E-state index contributed by atoms with van der Waals surface area (Å²) in [5.41, 5.74) is -0.469. The third kappa shape index (κ3) is 7.41. The Morgan fingerprint density at radius 1 is 1.57 bits per heavy atom. The van der Waals surface area contributed by atoms with Crippen molar-refractivity contribution in [2.75, 3.05) is 6.54 Å². The number of nitrogens with one attached hydrogen (secondary N) is 1. The SMILES string of the molecule is [C-]#[N+]CC[C@H](C)NC(=O)OC(C)(C)C. The van der Waals surface area contributed by atoms with E-state index in [1.54, 1.807) is 0 Å². The molecule has 1 atom stereocenters. The molecule has 4 nitrogen and oxygen atoms in total. The fourth-order valence-corrected chi connectivity index (χ4v) is 0.839. The van der Waals surface area contributed by atoms with Gasteiger partial charge < -0.3 is 14.9 Å². The Bertz CT molecular complexity index is 225. The Morgan fingerprint density at radius 3 is 2.57 bits per heavy atom. The van der Waals surface area contributed by atoms with E-state index in [2.05, 4.69) is 10.2 Å². The molecule has 1 N–H and O–H groups in total. The highest BCUT2D eigenvalue weighted by Gasteiger charge is 2.17. The van der Waals surface area contributed by atoms with E-state index in [1.165, 1.54) is 0 Å². The van der Waals surface area contributed by atoms with Crippen LogP contribution in [0.1, 0.15) is 34.1 Å². The van der Waals surface area contributed by atoms with Crippen molar-refractivity contribution in [3.05, 3.63) is 11.4 Å². The Balaban J connectivity index is 3.78. The molecule has 0 saturated heterocycles. The molecular formula is C10H18N2O2. The molecule has 4 heteroatoms. The van der Waals surface area contributed by atoms with Crippen LogP contribution in [-0.4, -0.2) is 24.3 Å². The van der Waals surface area contributed by atoms with E-state index >= 15 is 0 Å². The fourth-order valence-electron chi connectivity index (χ4n) is 0.839. The van der Waals surface area contributed by atoms with Crippen molar-refractivity contribution < 1.29 is 9.53 Å². The average molecular weight is 198 g/mol. The number of hydrogen-bond donors (Lipinski definition) is 1. The number of rotatable bonds is 3. The molecule has 0 heterocycles. The van der Waals surface area contributed by atoms with Crippen LogP contribution in [0.5, 0.6) is 0 Å². The van der Waals surface area contributed by atoms with Crippen molar-refractivity contribution in [1.82, 2.24) is 5.32 Å². The van der Waals surface area contributed by atoms with Crippen LogP contribution in [0.2, 0.25) is 0 Å². The summed E-state index contributed by atoms with van der Waals surface area (Å²) in [6.07, 6.45) is 0.234. The van der Waals surface area contributed by atoms with Crippen LogP contribution in [0.4, 0.5) is 4.79 Å². The van der Waals surface area contributed by atoms with Gasteiger partial charge in [0.2, 0.25) is 6.54 Å². The highest BCUT2D eigenvalue weighted by atomic mass is 16.6. The van der Waals surface area contributed by atoms with E-state index in [4.69, 9.17) is 11.3 Å². The first-order valence-electron chi connectivity index (χ1n) is 4.68. The van der Waals surface area contributed by atoms with Crippen LogP contribution >= 0.6 is 0 Å². The van der Waals surface area contributed by atoms with E-state index in [0.29, 0.717) is 13.0 Å². The van der Waals surface area contributed by atoms with Gasteiger partial charge in [0, 0.05) is 12.5 Å². The minimum atomic E-state index is -0.469. The molecule has 0 aliphatic carbocycles. The predicted octanol–water partition coefficient (Wildman–Crippen LogP) is 2.21. The van der Waals surface area contributed by atoms with Gasteiger partial charge in [0.25, 0.3) is 0 Å². The maximum absolute atomic E-state index is 11.2. The van der Waals surface area contributed by atoms with Gasteiger partial charge >= 0.3 is 6.09 Å². The Kier molecular flexibility index (Phi) is 5.00. The number of amides is 1. The van der Waals surface area contributed by atoms with E-state index in [-0.39, 0.29) is 6.04 Å². The first-order chi connectivity index (χ1) is 6.35. The van der Waals surface area contributed by atoms with Gasteiger partial charge in [-0.1, -0.05) is 0 Å². The third-order valence-corrected chi connectivity index (χ3v) is 1.44. The minimum Gasteiger partial charge on any atom is -0.444 e. The lowest BCUT2D eigenvalue weighted by Crippen LogP contribution is -2.37.